The third-order valence-corrected chi connectivity index (χ3v) is 12.9. The van der Waals surface area contributed by atoms with E-state index in [1.54, 1.807) is 0 Å². The van der Waals surface area contributed by atoms with Crippen molar-refractivity contribution < 1.29 is 24.5 Å². The summed E-state index contributed by atoms with van der Waals surface area (Å²) in [5, 5.41) is 23.3. The van der Waals surface area contributed by atoms with Crippen LogP contribution in [0.1, 0.15) is 296 Å². The molecule has 2 atom stereocenters. The molecule has 0 aliphatic rings. The van der Waals surface area contributed by atoms with Gasteiger partial charge in [0, 0.05) is 12.8 Å². The van der Waals surface area contributed by atoms with Gasteiger partial charge in [0.05, 0.1) is 25.4 Å². The van der Waals surface area contributed by atoms with Crippen LogP contribution in [0.3, 0.4) is 0 Å². The Morgan fingerprint density at radius 2 is 0.781 bits per heavy atom. The average molecular weight is 901 g/mol. The number of esters is 1. The van der Waals surface area contributed by atoms with Gasteiger partial charge in [0.1, 0.15) is 0 Å². The zero-order chi connectivity index (χ0) is 46.5. The van der Waals surface area contributed by atoms with E-state index in [2.05, 4.69) is 55.6 Å². The monoisotopic (exact) mass is 900 g/mol. The van der Waals surface area contributed by atoms with Gasteiger partial charge in [0.25, 0.3) is 0 Å². The van der Waals surface area contributed by atoms with Crippen LogP contribution in [0.2, 0.25) is 0 Å². The number of aliphatic hydroxyl groups excluding tert-OH is 2. The zero-order valence-corrected chi connectivity index (χ0v) is 42.8. The van der Waals surface area contributed by atoms with Crippen LogP contribution in [-0.2, 0) is 14.3 Å². The summed E-state index contributed by atoms with van der Waals surface area (Å²) >= 11 is 0. The van der Waals surface area contributed by atoms with Crippen LogP contribution >= 0.6 is 0 Å². The Balaban J connectivity index is 3.50. The molecule has 2 unspecified atom stereocenters. The Kier molecular flexibility index (Phi) is 52.1. The molecule has 0 aromatic carbocycles. The van der Waals surface area contributed by atoms with Crippen LogP contribution in [0.4, 0.5) is 0 Å². The van der Waals surface area contributed by atoms with Crippen molar-refractivity contribution in [3.63, 3.8) is 0 Å². The van der Waals surface area contributed by atoms with E-state index in [-0.39, 0.29) is 18.5 Å². The highest BCUT2D eigenvalue weighted by Gasteiger charge is 2.20. The third kappa shape index (κ3) is 49.5. The molecule has 0 aliphatic heterocycles. The van der Waals surface area contributed by atoms with Crippen molar-refractivity contribution in [2.75, 3.05) is 13.2 Å². The largest absolute Gasteiger partial charge is 0.466 e. The van der Waals surface area contributed by atoms with Crippen LogP contribution in [0.15, 0.2) is 36.5 Å². The molecule has 0 aromatic heterocycles. The van der Waals surface area contributed by atoms with E-state index >= 15 is 0 Å². The molecule has 0 spiro atoms. The number of carbonyl (C=O) groups excluding carboxylic acids is 2. The predicted molar refractivity (Wildman–Crippen MR) is 278 cm³/mol. The molecule has 0 bridgehead atoms. The number of rotatable bonds is 52. The lowest BCUT2D eigenvalue weighted by atomic mass is 10.0. The van der Waals surface area contributed by atoms with E-state index in [1.807, 2.05) is 0 Å². The number of hydrogen-bond acceptors (Lipinski definition) is 5. The van der Waals surface area contributed by atoms with Gasteiger partial charge < -0.3 is 20.3 Å². The summed E-state index contributed by atoms with van der Waals surface area (Å²) in [6.07, 6.45) is 65.5. The number of unbranched alkanes of at least 4 members (excludes halogenated alkanes) is 35. The molecule has 6 heteroatoms. The average Bonchev–Trinajstić information content (AvgIpc) is 3.29. The summed E-state index contributed by atoms with van der Waals surface area (Å²) in [4.78, 5) is 24.5. The van der Waals surface area contributed by atoms with Crippen molar-refractivity contribution in [2.24, 2.45) is 0 Å². The lowest BCUT2D eigenvalue weighted by Gasteiger charge is -2.22. The summed E-state index contributed by atoms with van der Waals surface area (Å²) in [7, 11) is 0. The second kappa shape index (κ2) is 53.7. The molecule has 376 valence electrons. The van der Waals surface area contributed by atoms with Gasteiger partial charge in [-0.15, -0.1) is 0 Å². The molecule has 0 radical (unpaired) electrons. The highest BCUT2D eigenvalue weighted by molar-refractivity contribution is 5.76. The Morgan fingerprint density at radius 3 is 1.25 bits per heavy atom. The molecule has 3 N–H and O–H groups in total. The van der Waals surface area contributed by atoms with Gasteiger partial charge in [0.15, 0.2) is 0 Å². The maximum atomic E-state index is 12.5. The van der Waals surface area contributed by atoms with Gasteiger partial charge in [0.2, 0.25) is 5.91 Å². The van der Waals surface area contributed by atoms with Crippen LogP contribution in [-0.4, -0.2) is 47.4 Å². The quantitative estimate of drug-likeness (QED) is 0.0321. The van der Waals surface area contributed by atoms with Crippen molar-refractivity contribution in [3.8, 4) is 0 Å². The first kappa shape index (κ1) is 62.1. The van der Waals surface area contributed by atoms with Crippen molar-refractivity contribution in [1.82, 2.24) is 5.32 Å². The molecule has 0 heterocycles. The Hall–Kier alpha value is -1.92. The topological polar surface area (TPSA) is 95.9 Å². The lowest BCUT2D eigenvalue weighted by Crippen LogP contribution is -2.45. The van der Waals surface area contributed by atoms with E-state index in [1.165, 1.54) is 186 Å². The summed E-state index contributed by atoms with van der Waals surface area (Å²) in [5.41, 5.74) is 0. The molecule has 0 saturated heterocycles. The molecule has 0 fully saturated rings. The first-order valence-electron chi connectivity index (χ1n) is 28.2. The van der Waals surface area contributed by atoms with Crippen LogP contribution in [0.25, 0.3) is 0 Å². The highest BCUT2D eigenvalue weighted by atomic mass is 16.5. The van der Waals surface area contributed by atoms with E-state index in [0.717, 1.165) is 77.0 Å². The van der Waals surface area contributed by atoms with Crippen molar-refractivity contribution in [2.45, 2.75) is 309 Å². The Morgan fingerprint density at radius 1 is 0.438 bits per heavy atom. The van der Waals surface area contributed by atoms with Crippen molar-refractivity contribution in [3.05, 3.63) is 36.5 Å². The molecule has 64 heavy (non-hydrogen) atoms. The molecule has 6 nitrogen and oxygen atoms in total. The number of carbonyl (C=O) groups is 2. The minimum absolute atomic E-state index is 0.0203. The summed E-state index contributed by atoms with van der Waals surface area (Å²) in [6, 6.07) is -0.563. The normalized spacial score (nSPS) is 12.9. The fourth-order valence-corrected chi connectivity index (χ4v) is 8.55. The maximum absolute atomic E-state index is 12.5. The van der Waals surface area contributed by atoms with Crippen LogP contribution in [0.5, 0.6) is 0 Å². The fourth-order valence-electron chi connectivity index (χ4n) is 8.55. The van der Waals surface area contributed by atoms with Gasteiger partial charge in [-0.2, -0.15) is 0 Å². The van der Waals surface area contributed by atoms with Gasteiger partial charge in [-0.05, 0) is 83.5 Å². The van der Waals surface area contributed by atoms with Crippen molar-refractivity contribution >= 4 is 11.9 Å². The predicted octanol–water partition coefficient (Wildman–Crippen LogP) is 17.2. The summed E-state index contributed by atoms with van der Waals surface area (Å²) in [6.45, 7) is 4.89. The van der Waals surface area contributed by atoms with E-state index in [9.17, 15) is 19.8 Å². The first-order valence-corrected chi connectivity index (χ1v) is 28.2. The fraction of sp³-hybridized carbons (Fsp3) is 0.862. The minimum atomic E-state index is -0.682. The first-order chi connectivity index (χ1) is 31.5. The van der Waals surface area contributed by atoms with Gasteiger partial charge >= 0.3 is 5.97 Å². The third-order valence-electron chi connectivity index (χ3n) is 12.9. The van der Waals surface area contributed by atoms with E-state index < -0.39 is 12.1 Å². The molecular weight excluding hydrogens is 791 g/mol. The van der Waals surface area contributed by atoms with Gasteiger partial charge in [-0.25, -0.2) is 0 Å². The summed E-state index contributed by atoms with van der Waals surface area (Å²) < 4.78 is 5.46. The van der Waals surface area contributed by atoms with Crippen LogP contribution in [0, 0.1) is 0 Å². The number of allylic oxidation sites excluding steroid dienone is 6. The number of nitrogens with one attached hydrogen (secondary N) is 1. The smallest absolute Gasteiger partial charge is 0.305 e. The molecule has 1 amide bonds. The Bertz CT molecular complexity index is 1040. The summed E-state index contributed by atoms with van der Waals surface area (Å²) in [5.74, 6) is -0.0846. The lowest BCUT2D eigenvalue weighted by molar-refractivity contribution is -0.143. The molecule has 0 rings (SSSR count). The van der Waals surface area contributed by atoms with Gasteiger partial charge in [-0.1, -0.05) is 237 Å². The minimum Gasteiger partial charge on any atom is -0.466 e. The van der Waals surface area contributed by atoms with Crippen LogP contribution < -0.4 is 5.32 Å². The van der Waals surface area contributed by atoms with E-state index in [0.29, 0.717) is 25.9 Å². The van der Waals surface area contributed by atoms with Gasteiger partial charge in [-0.3, -0.25) is 9.59 Å². The molecule has 0 aromatic rings. The number of hydrogen-bond donors (Lipinski definition) is 3. The molecule has 0 aliphatic carbocycles. The highest BCUT2D eigenvalue weighted by Crippen LogP contribution is 2.16. The molecular formula is C58H109NO5. The zero-order valence-electron chi connectivity index (χ0n) is 42.8. The number of amides is 1. The second-order valence-corrected chi connectivity index (χ2v) is 19.3. The van der Waals surface area contributed by atoms with Crippen molar-refractivity contribution in [1.29, 1.82) is 0 Å². The molecule has 0 saturated carbocycles. The number of ether oxygens (including phenoxy) is 1. The standard InChI is InChI=1S/C58H109NO5/c1-3-5-7-9-11-13-15-17-19-21-23-26-30-34-38-42-46-50-56(61)55(54-60)59-57(62)51-47-43-39-35-31-27-25-29-33-37-41-45-49-53-64-58(63)52-48-44-40-36-32-28-24-22-20-18-16-14-12-10-8-6-4-2/h12,14,18,20,27,31,55-56,60-61H,3-11,13,15-17,19,21-26,28-30,32-54H2,1-2H3,(H,59,62)/b14-12-,20-18-,31-27-. The maximum Gasteiger partial charge on any atom is 0.305 e. The van der Waals surface area contributed by atoms with E-state index in [4.69, 9.17) is 4.74 Å². The second-order valence-electron chi connectivity index (χ2n) is 19.3. The Labute approximate surface area is 398 Å². The SMILES string of the molecule is CCCCC/C=C\C/C=C\CCCCCCCCCC(=O)OCCCCCCCC/C=C\CCCCCC(=O)NC(CO)C(O)CCCCCCCCCCCCCCCCCCC. The number of aliphatic hydroxyl groups is 2.